The van der Waals surface area contributed by atoms with E-state index in [1.54, 1.807) is 12.1 Å². The van der Waals surface area contributed by atoms with E-state index in [0.29, 0.717) is 6.42 Å². The van der Waals surface area contributed by atoms with E-state index in [9.17, 15) is 9.18 Å². The average Bonchev–Trinajstić information content (AvgIpc) is 2.67. The van der Waals surface area contributed by atoms with E-state index in [4.69, 9.17) is 9.47 Å². The molecule has 1 heterocycles. The highest BCUT2D eigenvalue weighted by Crippen LogP contribution is 2.21. The Bertz CT molecular complexity index is 760. The summed E-state index contributed by atoms with van der Waals surface area (Å²) >= 11 is 0. The van der Waals surface area contributed by atoms with Crippen molar-refractivity contribution < 1.29 is 18.7 Å². The van der Waals surface area contributed by atoms with Crippen molar-refractivity contribution >= 4 is 17.3 Å². The van der Waals surface area contributed by atoms with Gasteiger partial charge in [0.25, 0.3) is 0 Å². The van der Waals surface area contributed by atoms with Crippen LogP contribution in [0.15, 0.2) is 42.5 Å². The van der Waals surface area contributed by atoms with Gasteiger partial charge in [-0.25, -0.2) is 4.39 Å². The molecule has 0 spiro atoms. The Labute approximate surface area is 152 Å². The minimum atomic E-state index is -0.413. The second kappa shape index (κ2) is 8.67. The Morgan fingerprint density at radius 2 is 2.04 bits per heavy atom. The minimum absolute atomic E-state index is 0.0969. The number of morpholine rings is 1. The molecule has 3 rings (SSSR count). The highest BCUT2D eigenvalue weighted by atomic mass is 19.1. The number of rotatable bonds is 6. The summed E-state index contributed by atoms with van der Waals surface area (Å²) in [5.74, 6) is -0.304. The number of hydrogen-bond acceptors (Lipinski definition) is 4. The van der Waals surface area contributed by atoms with Crippen molar-refractivity contribution in [3.8, 4) is 5.75 Å². The normalized spacial score (nSPS) is 14.2. The van der Waals surface area contributed by atoms with E-state index >= 15 is 0 Å². The summed E-state index contributed by atoms with van der Waals surface area (Å²) in [5, 5.41) is 2.91. The van der Waals surface area contributed by atoms with Crippen molar-refractivity contribution in [1.29, 1.82) is 0 Å². The van der Waals surface area contributed by atoms with Gasteiger partial charge in [0.1, 0.15) is 0 Å². The number of anilines is 2. The van der Waals surface area contributed by atoms with Gasteiger partial charge in [0.2, 0.25) is 5.91 Å². The smallest absolute Gasteiger partial charge is 0.224 e. The first-order chi connectivity index (χ1) is 12.7. The minimum Gasteiger partial charge on any atom is -0.494 e. The number of ether oxygens (including phenoxy) is 2. The van der Waals surface area contributed by atoms with Gasteiger partial charge in [0.05, 0.1) is 20.3 Å². The Morgan fingerprint density at radius 3 is 2.77 bits per heavy atom. The summed E-state index contributed by atoms with van der Waals surface area (Å²) in [7, 11) is 1.43. The van der Waals surface area contributed by atoms with Crippen molar-refractivity contribution in [3.05, 3.63) is 53.8 Å². The average molecular weight is 358 g/mol. The molecule has 0 bridgehead atoms. The summed E-state index contributed by atoms with van der Waals surface area (Å²) in [5.41, 5.74) is 2.60. The Kier molecular flexibility index (Phi) is 6.07. The lowest BCUT2D eigenvalue weighted by molar-refractivity contribution is -0.116. The van der Waals surface area contributed by atoms with Crippen molar-refractivity contribution in [3.63, 3.8) is 0 Å². The number of carbonyl (C=O) groups is 1. The number of nitrogens with zero attached hydrogens (tertiary/aromatic N) is 1. The topological polar surface area (TPSA) is 50.8 Å². The summed E-state index contributed by atoms with van der Waals surface area (Å²) in [6.45, 7) is 3.13. The number of halogens is 1. The van der Waals surface area contributed by atoms with Gasteiger partial charge in [0, 0.05) is 30.9 Å². The lowest BCUT2D eigenvalue weighted by Gasteiger charge is -2.29. The quantitative estimate of drug-likeness (QED) is 0.861. The maximum absolute atomic E-state index is 13.7. The SMILES string of the molecule is COc1ccc(CCC(=O)Nc2cccc(N3CCOCC3)c2)cc1F. The van der Waals surface area contributed by atoms with Crippen LogP contribution in [0.25, 0.3) is 0 Å². The van der Waals surface area contributed by atoms with Gasteiger partial charge < -0.3 is 19.7 Å². The zero-order valence-electron chi connectivity index (χ0n) is 14.8. The number of benzene rings is 2. The predicted octanol–water partition coefficient (Wildman–Crippen LogP) is 3.24. The molecule has 2 aromatic rings. The third-order valence-corrected chi connectivity index (χ3v) is 4.36. The highest BCUT2D eigenvalue weighted by Gasteiger charge is 2.12. The third kappa shape index (κ3) is 4.73. The molecule has 1 N–H and O–H groups in total. The number of hydrogen-bond donors (Lipinski definition) is 1. The molecule has 1 amide bonds. The van der Waals surface area contributed by atoms with Crippen LogP contribution < -0.4 is 15.0 Å². The largest absolute Gasteiger partial charge is 0.494 e. The number of aryl methyl sites for hydroxylation is 1. The molecule has 0 atom stereocenters. The van der Waals surface area contributed by atoms with Gasteiger partial charge in [0.15, 0.2) is 11.6 Å². The van der Waals surface area contributed by atoms with Crippen LogP contribution in [-0.2, 0) is 16.0 Å². The number of nitrogens with one attached hydrogen (secondary N) is 1. The molecular formula is C20H23FN2O3. The first kappa shape index (κ1) is 18.2. The van der Waals surface area contributed by atoms with E-state index in [0.717, 1.165) is 43.2 Å². The number of amides is 1. The van der Waals surface area contributed by atoms with Crippen LogP contribution >= 0.6 is 0 Å². The maximum atomic E-state index is 13.7. The first-order valence-corrected chi connectivity index (χ1v) is 8.71. The second-order valence-corrected chi connectivity index (χ2v) is 6.17. The van der Waals surface area contributed by atoms with E-state index in [1.807, 2.05) is 24.3 Å². The van der Waals surface area contributed by atoms with Crippen LogP contribution in [-0.4, -0.2) is 39.3 Å². The zero-order valence-corrected chi connectivity index (χ0v) is 14.8. The molecule has 0 aromatic heterocycles. The number of carbonyl (C=O) groups excluding carboxylic acids is 1. The summed E-state index contributed by atoms with van der Waals surface area (Å²) < 4.78 is 24.0. The van der Waals surface area contributed by atoms with Gasteiger partial charge in [-0.05, 0) is 42.3 Å². The van der Waals surface area contributed by atoms with Gasteiger partial charge in [-0.1, -0.05) is 12.1 Å². The van der Waals surface area contributed by atoms with Crippen LogP contribution in [0.2, 0.25) is 0 Å². The molecule has 1 aliphatic rings. The van der Waals surface area contributed by atoms with Gasteiger partial charge in [-0.2, -0.15) is 0 Å². The standard InChI is InChI=1S/C20H23FN2O3/c1-25-19-7-5-15(13-18(19)21)6-8-20(24)22-16-3-2-4-17(14-16)23-9-11-26-12-10-23/h2-5,7,13-14H,6,8-12H2,1H3,(H,22,24). The molecule has 138 valence electrons. The molecule has 0 radical (unpaired) electrons. The van der Waals surface area contributed by atoms with E-state index in [1.165, 1.54) is 13.2 Å². The molecule has 0 unspecified atom stereocenters. The lowest BCUT2D eigenvalue weighted by Crippen LogP contribution is -2.36. The molecule has 1 saturated heterocycles. The zero-order chi connectivity index (χ0) is 18.4. The fourth-order valence-electron chi connectivity index (χ4n) is 2.95. The molecule has 2 aromatic carbocycles. The second-order valence-electron chi connectivity index (χ2n) is 6.17. The van der Waals surface area contributed by atoms with Crippen LogP contribution in [0, 0.1) is 5.82 Å². The third-order valence-electron chi connectivity index (χ3n) is 4.36. The van der Waals surface area contributed by atoms with Crippen molar-refractivity contribution in [2.75, 3.05) is 43.6 Å². The molecule has 0 saturated carbocycles. The van der Waals surface area contributed by atoms with Crippen LogP contribution in [0.4, 0.5) is 15.8 Å². The van der Waals surface area contributed by atoms with Gasteiger partial charge >= 0.3 is 0 Å². The van der Waals surface area contributed by atoms with Crippen molar-refractivity contribution in [2.45, 2.75) is 12.8 Å². The Balaban J connectivity index is 1.55. The fourth-order valence-corrected chi connectivity index (χ4v) is 2.95. The number of methoxy groups -OCH3 is 1. The van der Waals surface area contributed by atoms with E-state index < -0.39 is 5.82 Å². The molecule has 1 fully saturated rings. The van der Waals surface area contributed by atoms with Crippen LogP contribution in [0.5, 0.6) is 5.75 Å². The highest BCUT2D eigenvalue weighted by molar-refractivity contribution is 5.91. The maximum Gasteiger partial charge on any atom is 0.224 e. The molecular weight excluding hydrogens is 335 g/mol. The molecule has 0 aliphatic carbocycles. The first-order valence-electron chi connectivity index (χ1n) is 8.71. The molecule has 1 aliphatic heterocycles. The van der Waals surface area contributed by atoms with Gasteiger partial charge in [-0.15, -0.1) is 0 Å². The van der Waals surface area contributed by atoms with Crippen LogP contribution in [0.1, 0.15) is 12.0 Å². The Morgan fingerprint density at radius 1 is 1.23 bits per heavy atom. The predicted molar refractivity (Wildman–Crippen MR) is 99.4 cm³/mol. The molecule has 26 heavy (non-hydrogen) atoms. The molecule has 5 nitrogen and oxygen atoms in total. The summed E-state index contributed by atoms with van der Waals surface area (Å²) in [4.78, 5) is 14.5. The summed E-state index contributed by atoms with van der Waals surface area (Å²) in [6, 6.07) is 12.6. The van der Waals surface area contributed by atoms with Crippen molar-refractivity contribution in [1.82, 2.24) is 0 Å². The monoisotopic (exact) mass is 358 g/mol. The van der Waals surface area contributed by atoms with E-state index in [2.05, 4.69) is 10.2 Å². The van der Waals surface area contributed by atoms with Crippen molar-refractivity contribution in [2.24, 2.45) is 0 Å². The lowest BCUT2D eigenvalue weighted by atomic mass is 10.1. The van der Waals surface area contributed by atoms with E-state index in [-0.39, 0.29) is 18.1 Å². The fraction of sp³-hybridized carbons (Fsp3) is 0.350. The summed E-state index contributed by atoms with van der Waals surface area (Å²) in [6.07, 6.45) is 0.753. The Hall–Kier alpha value is -2.60. The van der Waals surface area contributed by atoms with Crippen LogP contribution in [0.3, 0.4) is 0 Å². The van der Waals surface area contributed by atoms with Gasteiger partial charge in [-0.3, -0.25) is 4.79 Å². The molecule has 6 heteroatoms.